The van der Waals surface area contributed by atoms with E-state index in [1.807, 2.05) is 39.0 Å². The fourth-order valence-electron chi connectivity index (χ4n) is 2.40. The molecule has 0 fully saturated rings. The Bertz CT molecular complexity index is 769. The number of ether oxygens (including phenoxy) is 1. The van der Waals surface area contributed by atoms with Gasteiger partial charge in [0, 0.05) is 17.8 Å². The molecule has 0 unspecified atom stereocenters. The number of carbonyl (C=O) groups excluding carboxylic acids is 2. The lowest BCUT2D eigenvalue weighted by atomic mass is 9.98. The number of esters is 1. The van der Waals surface area contributed by atoms with Crippen molar-refractivity contribution in [3.05, 3.63) is 64.6 Å². The molecule has 0 aliphatic heterocycles. The summed E-state index contributed by atoms with van der Waals surface area (Å²) in [5, 5.41) is 13.9. The van der Waals surface area contributed by atoms with E-state index in [0.717, 1.165) is 16.8 Å². The van der Waals surface area contributed by atoms with Crippen molar-refractivity contribution < 1.29 is 19.1 Å². The first-order chi connectivity index (χ1) is 11.8. The number of benzene rings is 1. The van der Waals surface area contributed by atoms with Crippen LogP contribution in [0, 0.1) is 12.1 Å². The molecule has 25 heavy (non-hydrogen) atoms. The number of nitrogens with one attached hydrogen (secondary N) is 1. The summed E-state index contributed by atoms with van der Waals surface area (Å²) in [5.41, 5.74) is 2.93. The lowest BCUT2D eigenvalue weighted by molar-refractivity contribution is -0.605. The van der Waals surface area contributed by atoms with Crippen LogP contribution in [0.25, 0.3) is 0 Å². The Kier molecular flexibility index (Phi) is 5.75. The van der Waals surface area contributed by atoms with Gasteiger partial charge in [-0.2, -0.15) is 4.73 Å². The van der Waals surface area contributed by atoms with E-state index in [1.54, 1.807) is 0 Å². The van der Waals surface area contributed by atoms with Crippen LogP contribution in [0.15, 0.2) is 42.7 Å². The highest BCUT2D eigenvalue weighted by Gasteiger charge is 2.21. The number of aromatic nitrogens is 1. The highest BCUT2D eigenvalue weighted by molar-refractivity contribution is 5.98. The maximum Gasteiger partial charge on any atom is 0.339 e. The van der Waals surface area contributed by atoms with Crippen molar-refractivity contribution in [2.45, 2.75) is 39.7 Å². The van der Waals surface area contributed by atoms with Gasteiger partial charge in [-0.3, -0.25) is 4.79 Å². The Labute approximate surface area is 147 Å². The number of anilines is 1. The third-order valence-electron chi connectivity index (χ3n) is 3.87. The van der Waals surface area contributed by atoms with Gasteiger partial charge >= 0.3 is 5.97 Å². The van der Waals surface area contributed by atoms with Crippen LogP contribution in [0.3, 0.4) is 0 Å². The van der Waals surface area contributed by atoms with Gasteiger partial charge in [-0.1, -0.05) is 32.0 Å². The van der Waals surface area contributed by atoms with Gasteiger partial charge in [-0.15, -0.1) is 0 Å². The van der Waals surface area contributed by atoms with Gasteiger partial charge in [0.1, 0.15) is 0 Å². The molecule has 0 radical (unpaired) electrons. The summed E-state index contributed by atoms with van der Waals surface area (Å²) in [5.74, 6) is -0.812. The first-order valence-electron chi connectivity index (χ1n) is 8.09. The Morgan fingerprint density at radius 3 is 2.36 bits per heavy atom. The van der Waals surface area contributed by atoms with E-state index in [4.69, 9.17) is 4.74 Å². The topological polar surface area (TPSA) is 82.3 Å². The Morgan fingerprint density at radius 1 is 1.12 bits per heavy atom. The molecule has 1 amide bonds. The molecule has 2 aromatic rings. The van der Waals surface area contributed by atoms with E-state index in [-0.39, 0.29) is 11.5 Å². The molecule has 6 nitrogen and oxygen atoms in total. The third kappa shape index (κ3) is 4.56. The summed E-state index contributed by atoms with van der Waals surface area (Å²) in [6, 6.07) is 8.52. The van der Waals surface area contributed by atoms with Gasteiger partial charge in [-0.25, -0.2) is 4.79 Å². The predicted molar refractivity (Wildman–Crippen MR) is 94.2 cm³/mol. The fraction of sp³-hybridized carbons (Fsp3) is 0.316. The van der Waals surface area contributed by atoms with E-state index < -0.39 is 18.0 Å². The van der Waals surface area contributed by atoms with E-state index in [2.05, 4.69) is 5.32 Å². The van der Waals surface area contributed by atoms with E-state index in [9.17, 15) is 14.8 Å². The fourth-order valence-corrected chi connectivity index (χ4v) is 2.40. The Balaban J connectivity index is 2.08. The average molecular weight is 342 g/mol. The Morgan fingerprint density at radius 2 is 1.76 bits per heavy atom. The minimum absolute atomic E-state index is 0.213. The molecule has 132 valence electrons. The smallest absolute Gasteiger partial charge is 0.339 e. The number of aryl methyl sites for hydroxylation is 1. The number of amides is 1. The minimum Gasteiger partial charge on any atom is -0.619 e. The number of para-hydroxylation sites is 1. The molecule has 1 atom stereocenters. The molecule has 0 aliphatic carbocycles. The van der Waals surface area contributed by atoms with Gasteiger partial charge in [0.2, 0.25) is 0 Å². The monoisotopic (exact) mass is 342 g/mol. The van der Waals surface area contributed by atoms with Crippen molar-refractivity contribution >= 4 is 17.6 Å². The number of nitrogens with zero attached hydrogens (tertiary/aromatic N) is 1. The summed E-state index contributed by atoms with van der Waals surface area (Å²) >= 11 is 0. The SMILES string of the molecule is Cc1cccc(C(C)C)c1NC(=O)[C@@H](C)OC(=O)c1cc[n+]([O-])cc1. The lowest BCUT2D eigenvalue weighted by Gasteiger charge is -2.19. The minimum atomic E-state index is -0.966. The lowest BCUT2D eigenvalue weighted by Crippen LogP contribution is -2.31. The largest absolute Gasteiger partial charge is 0.619 e. The van der Waals surface area contributed by atoms with E-state index in [1.165, 1.54) is 31.5 Å². The number of hydrogen-bond donors (Lipinski definition) is 1. The number of hydrogen-bond acceptors (Lipinski definition) is 4. The zero-order chi connectivity index (χ0) is 18.6. The second kappa shape index (κ2) is 7.79. The van der Waals surface area contributed by atoms with Crippen LogP contribution in [0.5, 0.6) is 0 Å². The molecule has 0 saturated heterocycles. The van der Waals surface area contributed by atoms with Gasteiger partial charge in [-0.05, 0) is 30.9 Å². The van der Waals surface area contributed by atoms with E-state index in [0.29, 0.717) is 4.73 Å². The molecule has 2 rings (SSSR count). The van der Waals surface area contributed by atoms with Crippen LogP contribution >= 0.6 is 0 Å². The van der Waals surface area contributed by atoms with E-state index >= 15 is 0 Å². The molecule has 0 saturated carbocycles. The molecule has 0 bridgehead atoms. The van der Waals surface area contributed by atoms with Crippen molar-refractivity contribution in [1.82, 2.24) is 0 Å². The molecular formula is C19H22N2O4. The van der Waals surface area contributed by atoms with Gasteiger partial charge < -0.3 is 15.3 Å². The second-order valence-electron chi connectivity index (χ2n) is 6.18. The third-order valence-corrected chi connectivity index (χ3v) is 3.87. The number of pyridine rings is 1. The first kappa shape index (κ1) is 18.4. The van der Waals surface area contributed by atoms with Crippen molar-refractivity contribution in [3.8, 4) is 0 Å². The first-order valence-corrected chi connectivity index (χ1v) is 8.09. The van der Waals surface area contributed by atoms with Crippen LogP contribution < -0.4 is 10.0 Å². The van der Waals surface area contributed by atoms with Crippen molar-refractivity contribution in [1.29, 1.82) is 0 Å². The number of rotatable bonds is 5. The second-order valence-corrected chi connectivity index (χ2v) is 6.18. The highest BCUT2D eigenvalue weighted by atomic mass is 16.5. The van der Waals surface area contributed by atoms with Crippen LogP contribution in [0.2, 0.25) is 0 Å². The average Bonchev–Trinajstić information content (AvgIpc) is 2.56. The van der Waals surface area contributed by atoms with Crippen molar-refractivity contribution in [2.75, 3.05) is 5.32 Å². The van der Waals surface area contributed by atoms with Gasteiger partial charge in [0.15, 0.2) is 18.5 Å². The molecule has 0 spiro atoms. The normalized spacial score (nSPS) is 11.9. The summed E-state index contributed by atoms with van der Waals surface area (Å²) < 4.78 is 5.76. The number of carbonyl (C=O) groups is 2. The Hall–Kier alpha value is -2.89. The van der Waals surface area contributed by atoms with Gasteiger partial charge in [0.05, 0.1) is 5.56 Å². The van der Waals surface area contributed by atoms with Crippen LogP contribution in [0.1, 0.15) is 48.2 Å². The summed E-state index contributed by atoms with van der Waals surface area (Å²) in [6.07, 6.45) is 1.43. The quantitative estimate of drug-likeness (QED) is 0.514. The molecule has 1 N–H and O–H groups in total. The maximum atomic E-state index is 12.4. The van der Waals surface area contributed by atoms with Gasteiger partial charge in [0.25, 0.3) is 5.91 Å². The predicted octanol–water partition coefficient (Wildman–Crippen LogP) is 2.94. The van der Waals surface area contributed by atoms with Crippen LogP contribution in [-0.2, 0) is 9.53 Å². The standard InChI is InChI=1S/C19H22N2O4/c1-12(2)16-7-5-6-13(3)17(16)20-18(22)14(4)25-19(23)15-8-10-21(24)11-9-15/h5-12,14H,1-4H3,(H,20,22)/t14-/m1/s1. The molecule has 6 heteroatoms. The molecule has 1 aromatic carbocycles. The van der Waals surface area contributed by atoms with Crippen LogP contribution in [-0.4, -0.2) is 18.0 Å². The zero-order valence-electron chi connectivity index (χ0n) is 14.8. The molecule has 0 aliphatic rings. The van der Waals surface area contributed by atoms with Crippen LogP contribution in [0.4, 0.5) is 5.69 Å². The van der Waals surface area contributed by atoms with Crippen molar-refractivity contribution in [2.24, 2.45) is 0 Å². The molecular weight excluding hydrogens is 320 g/mol. The zero-order valence-corrected chi connectivity index (χ0v) is 14.8. The maximum absolute atomic E-state index is 12.4. The summed E-state index contributed by atoms with van der Waals surface area (Å²) in [6.45, 7) is 7.52. The molecule has 1 aromatic heterocycles. The summed E-state index contributed by atoms with van der Waals surface area (Å²) in [4.78, 5) is 24.5. The highest BCUT2D eigenvalue weighted by Crippen LogP contribution is 2.27. The summed E-state index contributed by atoms with van der Waals surface area (Å²) in [7, 11) is 0. The molecule has 1 heterocycles. The van der Waals surface area contributed by atoms with Crippen molar-refractivity contribution in [3.63, 3.8) is 0 Å².